The Kier molecular flexibility index (Phi) is 3.27. The zero-order valence-corrected chi connectivity index (χ0v) is 10.0. The molecule has 1 aromatic heterocycles. The van der Waals surface area contributed by atoms with Gasteiger partial charge in [-0.05, 0) is 36.2 Å². The third-order valence-electron chi connectivity index (χ3n) is 2.01. The molecule has 0 bridgehead atoms. The number of anilines is 2. The Labute approximate surface area is 103 Å². The molecular formula is C11H9Cl2N3. The third-order valence-corrected chi connectivity index (χ3v) is 2.48. The summed E-state index contributed by atoms with van der Waals surface area (Å²) in [6, 6.07) is 7.93. The van der Waals surface area contributed by atoms with Crippen LogP contribution in [0.2, 0.25) is 10.4 Å². The number of aromatic nitrogens is 2. The average molecular weight is 254 g/mol. The highest BCUT2D eigenvalue weighted by atomic mass is 35.5. The van der Waals surface area contributed by atoms with Gasteiger partial charge in [0.05, 0.1) is 11.9 Å². The topological polar surface area (TPSA) is 37.8 Å². The van der Waals surface area contributed by atoms with Crippen molar-refractivity contribution in [3.63, 3.8) is 0 Å². The van der Waals surface area contributed by atoms with E-state index in [0.717, 1.165) is 11.3 Å². The van der Waals surface area contributed by atoms with Crippen molar-refractivity contribution in [3.05, 3.63) is 46.5 Å². The predicted octanol–water partition coefficient (Wildman–Crippen LogP) is 3.84. The smallest absolute Gasteiger partial charge is 0.223 e. The van der Waals surface area contributed by atoms with Gasteiger partial charge in [0.2, 0.25) is 5.28 Å². The summed E-state index contributed by atoms with van der Waals surface area (Å²) >= 11 is 11.5. The van der Waals surface area contributed by atoms with Crippen LogP contribution in [0.5, 0.6) is 0 Å². The van der Waals surface area contributed by atoms with Gasteiger partial charge in [-0.25, -0.2) is 9.97 Å². The molecule has 0 fully saturated rings. The van der Waals surface area contributed by atoms with Gasteiger partial charge in [0, 0.05) is 5.69 Å². The Morgan fingerprint density at radius 3 is 2.75 bits per heavy atom. The fourth-order valence-electron chi connectivity index (χ4n) is 1.30. The van der Waals surface area contributed by atoms with Crippen molar-refractivity contribution in [2.24, 2.45) is 0 Å². The SMILES string of the molecule is Cc1cccc(Nc2cnc(Cl)nc2Cl)c1. The standard InChI is InChI=1S/C11H9Cl2N3/c1-7-3-2-4-8(5-7)15-9-6-14-11(13)16-10(9)12/h2-6,15H,1H3. The molecular weight excluding hydrogens is 245 g/mol. The molecule has 2 aromatic rings. The molecule has 0 aliphatic rings. The number of nitrogens with zero attached hydrogens (tertiary/aromatic N) is 2. The fraction of sp³-hybridized carbons (Fsp3) is 0.0909. The van der Waals surface area contributed by atoms with Crippen LogP contribution in [0.3, 0.4) is 0 Å². The second kappa shape index (κ2) is 4.68. The Morgan fingerprint density at radius 2 is 2.06 bits per heavy atom. The summed E-state index contributed by atoms with van der Waals surface area (Å²) in [6.07, 6.45) is 1.56. The van der Waals surface area contributed by atoms with Crippen LogP contribution in [0.1, 0.15) is 5.56 Å². The van der Waals surface area contributed by atoms with Gasteiger partial charge in [-0.2, -0.15) is 0 Å². The van der Waals surface area contributed by atoms with Gasteiger partial charge in [0.25, 0.3) is 0 Å². The van der Waals surface area contributed by atoms with E-state index in [0.29, 0.717) is 10.8 Å². The summed E-state index contributed by atoms with van der Waals surface area (Å²) in [7, 11) is 0. The van der Waals surface area contributed by atoms with E-state index in [2.05, 4.69) is 15.3 Å². The highest BCUT2D eigenvalue weighted by molar-refractivity contribution is 6.33. The van der Waals surface area contributed by atoms with Crippen LogP contribution in [0.25, 0.3) is 0 Å². The van der Waals surface area contributed by atoms with Crippen LogP contribution in [0, 0.1) is 6.92 Å². The Morgan fingerprint density at radius 1 is 1.25 bits per heavy atom. The van der Waals surface area contributed by atoms with Gasteiger partial charge in [0.1, 0.15) is 0 Å². The summed E-state index contributed by atoms with van der Waals surface area (Å²) < 4.78 is 0. The van der Waals surface area contributed by atoms with E-state index in [9.17, 15) is 0 Å². The van der Waals surface area contributed by atoms with E-state index < -0.39 is 0 Å². The fourth-order valence-corrected chi connectivity index (χ4v) is 1.66. The first-order valence-electron chi connectivity index (χ1n) is 4.67. The lowest BCUT2D eigenvalue weighted by Crippen LogP contribution is -1.94. The number of hydrogen-bond acceptors (Lipinski definition) is 3. The minimum atomic E-state index is 0.139. The lowest BCUT2D eigenvalue weighted by molar-refractivity contribution is 1.17. The van der Waals surface area contributed by atoms with Crippen molar-refractivity contribution in [1.82, 2.24) is 9.97 Å². The molecule has 82 valence electrons. The molecule has 0 radical (unpaired) electrons. The molecule has 0 aliphatic carbocycles. The van der Waals surface area contributed by atoms with E-state index in [1.54, 1.807) is 6.20 Å². The number of benzene rings is 1. The second-order valence-corrected chi connectivity index (χ2v) is 4.03. The average Bonchev–Trinajstić information content (AvgIpc) is 2.22. The van der Waals surface area contributed by atoms with Gasteiger partial charge in [-0.1, -0.05) is 23.7 Å². The Bertz CT molecular complexity index is 514. The quantitative estimate of drug-likeness (QED) is 0.653. The maximum absolute atomic E-state index is 5.92. The molecule has 0 amide bonds. The van der Waals surface area contributed by atoms with Crippen molar-refractivity contribution >= 4 is 34.6 Å². The molecule has 0 spiro atoms. The Balaban J connectivity index is 2.27. The summed E-state index contributed by atoms with van der Waals surface area (Å²) in [5, 5.41) is 3.57. The molecule has 5 heteroatoms. The first-order chi connectivity index (χ1) is 7.65. The van der Waals surface area contributed by atoms with Crippen LogP contribution in [-0.4, -0.2) is 9.97 Å². The molecule has 0 saturated carbocycles. The monoisotopic (exact) mass is 253 g/mol. The lowest BCUT2D eigenvalue weighted by Gasteiger charge is -2.07. The number of nitrogens with one attached hydrogen (secondary N) is 1. The van der Waals surface area contributed by atoms with Crippen LogP contribution >= 0.6 is 23.2 Å². The molecule has 3 nitrogen and oxygen atoms in total. The maximum Gasteiger partial charge on any atom is 0.223 e. The zero-order valence-electron chi connectivity index (χ0n) is 8.54. The second-order valence-electron chi connectivity index (χ2n) is 3.34. The van der Waals surface area contributed by atoms with Crippen molar-refractivity contribution in [1.29, 1.82) is 0 Å². The zero-order chi connectivity index (χ0) is 11.5. The number of hydrogen-bond donors (Lipinski definition) is 1. The summed E-state index contributed by atoms with van der Waals surface area (Å²) in [4.78, 5) is 7.72. The van der Waals surface area contributed by atoms with Crippen molar-refractivity contribution in [3.8, 4) is 0 Å². The molecule has 2 rings (SSSR count). The van der Waals surface area contributed by atoms with Crippen LogP contribution in [0.4, 0.5) is 11.4 Å². The van der Waals surface area contributed by atoms with E-state index in [1.807, 2.05) is 31.2 Å². The van der Waals surface area contributed by atoms with E-state index in [1.165, 1.54) is 0 Å². The van der Waals surface area contributed by atoms with Crippen LogP contribution < -0.4 is 5.32 Å². The van der Waals surface area contributed by atoms with Crippen molar-refractivity contribution in [2.75, 3.05) is 5.32 Å². The normalized spacial score (nSPS) is 10.2. The van der Waals surface area contributed by atoms with Gasteiger partial charge < -0.3 is 5.32 Å². The minimum absolute atomic E-state index is 0.139. The van der Waals surface area contributed by atoms with Crippen molar-refractivity contribution in [2.45, 2.75) is 6.92 Å². The summed E-state index contributed by atoms with van der Waals surface area (Å²) in [5.41, 5.74) is 2.74. The van der Waals surface area contributed by atoms with Gasteiger partial charge in [-0.15, -0.1) is 0 Å². The molecule has 0 unspecified atom stereocenters. The largest absolute Gasteiger partial charge is 0.352 e. The number of halogens is 2. The maximum atomic E-state index is 5.92. The highest BCUT2D eigenvalue weighted by Gasteiger charge is 2.03. The van der Waals surface area contributed by atoms with Gasteiger partial charge in [0.15, 0.2) is 5.15 Å². The van der Waals surface area contributed by atoms with Crippen molar-refractivity contribution < 1.29 is 0 Å². The molecule has 0 atom stereocenters. The number of rotatable bonds is 2. The van der Waals surface area contributed by atoms with Gasteiger partial charge >= 0.3 is 0 Å². The van der Waals surface area contributed by atoms with E-state index >= 15 is 0 Å². The highest BCUT2D eigenvalue weighted by Crippen LogP contribution is 2.23. The third kappa shape index (κ3) is 2.62. The van der Waals surface area contributed by atoms with E-state index in [4.69, 9.17) is 23.2 Å². The molecule has 0 saturated heterocycles. The molecule has 1 N–H and O–H groups in total. The first kappa shape index (κ1) is 11.2. The molecule has 16 heavy (non-hydrogen) atoms. The van der Waals surface area contributed by atoms with Crippen LogP contribution in [-0.2, 0) is 0 Å². The molecule has 1 aromatic carbocycles. The summed E-state index contributed by atoms with van der Waals surface area (Å²) in [5.74, 6) is 0. The molecule has 0 aliphatic heterocycles. The van der Waals surface area contributed by atoms with Gasteiger partial charge in [-0.3, -0.25) is 0 Å². The lowest BCUT2D eigenvalue weighted by atomic mass is 10.2. The summed E-state index contributed by atoms with van der Waals surface area (Å²) in [6.45, 7) is 2.02. The predicted molar refractivity (Wildman–Crippen MR) is 66.5 cm³/mol. The number of aryl methyl sites for hydroxylation is 1. The Hall–Kier alpha value is -1.32. The van der Waals surface area contributed by atoms with Crippen LogP contribution in [0.15, 0.2) is 30.5 Å². The van der Waals surface area contributed by atoms with E-state index in [-0.39, 0.29) is 5.28 Å². The minimum Gasteiger partial charge on any atom is -0.352 e. The molecule has 1 heterocycles. The first-order valence-corrected chi connectivity index (χ1v) is 5.42.